The molecule has 0 fully saturated rings. The zero-order valence-electron chi connectivity index (χ0n) is 16.8. The lowest BCUT2D eigenvalue weighted by molar-refractivity contribution is 0.1000. The third-order valence-electron chi connectivity index (χ3n) is 5.25. The molecule has 0 bridgehead atoms. The molecule has 140 valence electrons. The number of hydrogen-bond acceptors (Lipinski definition) is 1. The summed E-state index contributed by atoms with van der Waals surface area (Å²) in [5, 5.41) is 0. The second kappa shape index (κ2) is 7.07. The van der Waals surface area contributed by atoms with Gasteiger partial charge in [0.2, 0.25) is 0 Å². The number of amides is 1. The van der Waals surface area contributed by atoms with Gasteiger partial charge in [-0.15, -0.1) is 0 Å². The van der Waals surface area contributed by atoms with Crippen molar-refractivity contribution in [2.24, 2.45) is 5.73 Å². The molecule has 3 heteroatoms. The van der Waals surface area contributed by atoms with Gasteiger partial charge in [-0.05, 0) is 36.0 Å². The van der Waals surface area contributed by atoms with Gasteiger partial charge in [0.05, 0.1) is 5.56 Å². The highest BCUT2D eigenvalue weighted by Crippen LogP contribution is 2.34. The monoisotopic (exact) mass is 360 g/mol. The first-order valence-corrected chi connectivity index (χ1v) is 9.34. The Morgan fingerprint density at radius 3 is 2.04 bits per heavy atom. The summed E-state index contributed by atoms with van der Waals surface area (Å²) in [5.41, 5.74) is 12.9. The van der Waals surface area contributed by atoms with Gasteiger partial charge in [0, 0.05) is 23.5 Å². The molecule has 2 N–H and O–H groups in total. The lowest BCUT2D eigenvalue weighted by Gasteiger charge is -2.19. The van der Waals surface area contributed by atoms with Crippen molar-refractivity contribution in [3.8, 4) is 11.1 Å². The van der Waals surface area contributed by atoms with Crippen LogP contribution in [0.15, 0.2) is 54.6 Å². The van der Waals surface area contributed by atoms with Gasteiger partial charge in [-0.2, -0.15) is 0 Å². The maximum Gasteiger partial charge on any atom is 0.251 e. The van der Waals surface area contributed by atoms with E-state index in [0.717, 1.165) is 29.1 Å². The van der Waals surface area contributed by atoms with Crippen molar-refractivity contribution in [3.05, 3.63) is 82.7 Å². The second-order valence-electron chi connectivity index (χ2n) is 8.18. The number of primary amides is 1. The highest BCUT2D eigenvalue weighted by atomic mass is 16.1. The normalized spacial score (nSPS) is 11.6. The predicted octanol–water partition coefficient (Wildman–Crippen LogP) is 5.22. The van der Waals surface area contributed by atoms with E-state index < -0.39 is 0 Å². The minimum Gasteiger partial charge on any atom is -0.366 e. The van der Waals surface area contributed by atoms with E-state index in [2.05, 4.69) is 68.7 Å². The summed E-state index contributed by atoms with van der Waals surface area (Å²) in [6.07, 6.45) is 0. The minimum absolute atomic E-state index is 0.0925. The lowest BCUT2D eigenvalue weighted by Crippen LogP contribution is -2.14. The van der Waals surface area contributed by atoms with Crippen LogP contribution in [0.3, 0.4) is 0 Å². The Morgan fingerprint density at radius 1 is 0.926 bits per heavy atom. The van der Waals surface area contributed by atoms with E-state index in [4.69, 9.17) is 5.73 Å². The van der Waals surface area contributed by atoms with Crippen LogP contribution < -0.4 is 5.73 Å². The Kier molecular flexibility index (Phi) is 4.97. The van der Waals surface area contributed by atoms with Crippen LogP contribution in [-0.2, 0) is 12.0 Å². The highest BCUT2D eigenvalue weighted by Gasteiger charge is 2.23. The summed E-state index contributed by atoms with van der Waals surface area (Å²) in [6.45, 7) is 11.4. The fourth-order valence-electron chi connectivity index (χ4n) is 3.68. The molecule has 0 saturated carbocycles. The molecule has 1 heterocycles. The maximum atomic E-state index is 12.3. The molecule has 0 atom stereocenters. The number of carbonyl (C=O) groups excluding carboxylic acids is 1. The maximum absolute atomic E-state index is 12.3. The van der Waals surface area contributed by atoms with Crippen LogP contribution in [0.1, 0.15) is 53.6 Å². The molecule has 0 radical (unpaired) electrons. The summed E-state index contributed by atoms with van der Waals surface area (Å²) in [7, 11) is 0. The van der Waals surface area contributed by atoms with Gasteiger partial charge in [0.25, 0.3) is 5.91 Å². The van der Waals surface area contributed by atoms with Gasteiger partial charge in [-0.25, -0.2) is 0 Å². The topological polar surface area (TPSA) is 48.0 Å². The Morgan fingerprint density at radius 2 is 1.52 bits per heavy atom. The van der Waals surface area contributed by atoms with Gasteiger partial charge >= 0.3 is 0 Å². The molecule has 0 aliphatic heterocycles. The highest BCUT2D eigenvalue weighted by molar-refractivity contribution is 6.02. The van der Waals surface area contributed by atoms with Crippen LogP contribution in [0.4, 0.5) is 0 Å². The summed E-state index contributed by atoms with van der Waals surface area (Å²) in [5.74, 6) is -0.377. The number of carbonyl (C=O) groups is 1. The molecule has 27 heavy (non-hydrogen) atoms. The van der Waals surface area contributed by atoms with Crippen molar-refractivity contribution >= 4 is 5.91 Å². The van der Waals surface area contributed by atoms with Crippen LogP contribution in [0.25, 0.3) is 11.1 Å². The average Bonchev–Trinajstić information content (AvgIpc) is 2.87. The molecule has 0 unspecified atom stereocenters. The molecule has 1 amide bonds. The third kappa shape index (κ3) is 3.68. The Labute approximate surface area is 161 Å². The summed E-state index contributed by atoms with van der Waals surface area (Å²) in [4.78, 5) is 12.3. The van der Waals surface area contributed by atoms with Gasteiger partial charge in [0.1, 0.15) is 0 Å². The van der Waals surface area contributed by atoms with Crippen molar-refractivity contribution in [3.63, 3.8) is 0 Å². The van der Waals surface area contributed by atoms with Crippen LogP contribution in [0, 0.1) is 13.8 Å². The fraction of sp³-hybridized carbons (Fsp3) is 0.292. The average molecular weight is 361 g/mol. The van der Waals surface area contributed by atoms with Crippen LogP contribution >= 0.6 is 0 Å². The first-order chi connectivity index (χ1) is 12.7. The molecule has 3 rings (SSSR count). The van der Waals surface area contributed by atoms with Crippen LogP contribution in [0.5, 0.6) is 0 Å². The van der Waals surface area contributed by atoms with E-state index in [1.165, 1.54) is 11.1 Å². The van der Waals surface area contributed by atoms with E-state index >= 15 is 0 Å². The Bertz CT molecular complexity index is 958. The standard InChI is InChI=1S/C24H28N2O/c1-16-21(19-11-13-20(14-12-19)24(3,4)5)22(23(25)27)17(2)26(16)15-18-9-7-6-8-10-18/h6-14H,15H2,1-5H3,(H2,25,27). The first-order valence-electron chi connectivity index (χ1n) is 9.34. The molecular formula is C24H28N2O. The number of nitrogens with zero attached hydrogens (tertiary/aromatic N) is 1. The van der Waals surface area contributed by atoms with Gasteiger partial charge in [-0.1, -0.05) is 75.4 Å². The Hall–Kier alpha value is -2.81. The zero-order valence-corrected chi connectivity index (χ0v) is 16.8. The molecular weight excluding hydrogens is 332 g/mol. The molecule has 3 aromatic rings. The number of nitrogens with two attached hydrogens (primary N) is 1. The molecule has 0 spiro atoms. The smallest absolute Gasteiger partial charge is 0.251 e. The van der Waals surface area contributed by atoms with Crippen molar-refractivity contribution in [2.75, 3.05) is 0 Å². The van der Waals surface area contributed by atoms with Crippen LogP contribution in [0.2, 0.25) is 0 Å². The summed E-state index contributed by atoms with van der Waals surface area (Å²) >= 11 is 0. The SMILES string of the molecule is Cc1c(C(N)=O)c(-c2ccc(C(C)(C)C)cc2)c(C)n1Cc1ccccc1. The van der Waals surface area contributed by atoms with E-state index in [-0.39, 0.29) is 11.3 Å². The van der Waals surface area contributed by atoms with Crippen LogP contribution in [-0.4, -0.2) is 10.5 Å². The molecule has 0 aliphatic rings. The first kappa shape index (κ1) is 19.0. The third-order valence-corrected chi connectivity index (χ3v) is 5.25. The van der Waals surface area contributed by atoms with Gasteiger partial charge in [-0.3, -0.25) is 4.79 Å². The van der Waals surface area contributed by atoms with Crippen molar-refractivity contribution < 1.29 is 4.79 Å². The predicted molar refractivity (Wildman–Crippen MR) is 112 cm³/mol. The van der Waals surface area contributed by atoms with Gasteiger partial charge < -0.3 is 10.3 Å². The number of rotatable bonds is 4. The summed E-state index contributed by atoms with van der Waals surface area (Å²) in [6, 6.07) is 18.8. The second-order valence-corrected chi connectivity index (χ2v) is 8.18. The number of aromatic nitrogens is 1. The quantitative estimate of drug-likeness (QED) is 0.681. The van der Waals surface area contributed by atoms with E-state index in [1.54, 1.807) is 0 Å². The Balaban J connectivity index is 2.12. The molecule has 0 saturated heterocycles. The fourth-order valence-corrected chi connectivity index (χ4v) is 3.68. The van der Waals surface area contributed by atoms with E-state index in [1.807, 2.05) is 25.1 Å². The van der Waals surface area contributed by atoms with Gasteiger partial charge in [0.15, 0.2) is 0 Å². The minimum atomic E-state index is -0.377. The summed E-state index contributed by atoms with van der Waals surface area (Å²) < 4.78 is 2.18. The number of hydrogen-bond donors (Lipinski definition) is 1. The largest absolute Gasteiger partial charge is 0.366 e. The van der Waals surface area contributed by atoms with Crippen molar-refractivity contribution in [1.29, 1.82) is 0 Å². The molecule has 3 nitrogen and oxygen atoms in total. The molecule has 1 aromatic heterocycles. The lowest BCUT2D eigenvalue weighted by atomic mass is 9.86. The van der Waals surface area contributed by atoms with Crippen molar-refractivity contribution in [1.82, 2.24) is 4.57 Å². The molecule has 2 aromatic carbocycles. The zero-order chi connectivity index (χ0) is 19.8. The van der Waals surface area contributed by atoms with E-state index in [9.17, 15) is 4.79 Å². The molecule has 0 aliphatic carbocycles. The van der Waals surface area contributed by atoms with Crippen molar-refractivity contribution in [2.45, 2.75) is 46.6 Å². The van der Waals surface area contributed by atoms with E-state index in [0.29, 0.717) is 5.56 Å². The number of benzene rings is 2.